The molecule has 2 N–H and O–H groups in total. The molecular formula is C15H24N4O. The molecule has 1 amide bonds. The Morgan fingerprint density at radius 1 is 1.35 bits per heavy atom. The van der Waals surface area contributed by atoms with Gasteiger partial charge in [0, 0.05) is 19.6 Å². The van der Waals surface area contributed by atoms with Crippen molar-refractivity contribution in [2.24, 2.45) is 13.0 Å². The SMILES string of the molecule is CCc1nn(C)c(C(=O)N2CCC3CCCCC32)c1N. The number of nitrogen functional groups attached to an aromatic ring is 1. The molecule has 2 fully saturated rings. The largest absolute Gasteiger partial charge is 0.395 e. The number of nitrogens with zero attached hydrogens (tertiary/aromatic N) is 3. The van der Waals surface area contributed by atoms with Crippen LogP contribution in [-0.4, -0.2) is 33.2 Å². The lowest BCUT2D eigenvalue weighted by Crippen LogP contribution is -2.40. The molecule has 5 heteroatoms. The molecule has 5 nitrogen and oxygen atoms in total. The number of aryl methyl sites for hydroxylation is 2. The van der Waals surface area contributed by atoms with E-state index in [1.807, 2.05) is 14.0 Å². The second kappa shape index (κ2) is 5.11. The van der Waals surface area contributed by atoms with Crippen LogP contribution in [0.5, 0.6) is 0 Å². The normalized spacial score (nSPS) is 25.8. The predicted octanol–water partition coefficient (Wildman–Crippen LogP) is 1.97. The Balaban J connectivity index is 1.87. The molecule has 1 aliphatic heterocycles. The first-order valence-corrected chi connectivity index (χ1v) is 7.75. The molecule has 2 heterocycles. The third-order valence-electron chi connectivity index (χ3n) is 4.97. The van der Waals surface area contributed by atoms with Crippen molar-refractivity contribution in [2.75, 3.05) is 12.3 Å². The van der Waals surface area contributed by atoms with Crippen molar-refractivity contribution in [1.82, 2.24) is 14.7 Å². The average molecular weight is 276 g/mol. The molecular weight excluding hydrogens is 252 g/mol. The van der Waals surface area contributed by atoms with Gasteiger partial charge in [-0.3, -0.25) is 9.48 Å². The van der Waals surface area contributed by atoms with E-state index in [1.165, 1.54) is 19.3 Å². The maximum Gasteiger partial charge on any atom is 0.274 e. The first kappa shape index (κ1) is 13.5. The molecule has 2 unspecified atom stereocenters. The number of hydrogen-bond acceptors (Lipinski definition) is 3. The van der Waals surface area contributed by atoms with E-state index < -0.39 is 0 Å². The van der Waals surface area contributed by atoms with Crippen LogP contribution < -0.4 is 5.73 Å². The zero-order valence-electron chi connectivity index (χ0n) is 12.4. The Bertz CT molecular complexity index is 522. The maximum atomic E-state index is 12.9. The van der Waals surface area contributed by atoms with E-state index in [-0.39, 0.29) is 5.91 Å². The fourth-order valence-electron chi connectivity index (χ4n) is 3.90. The summed E-state index contributed by atoms with van der Waals surface area (Å²) in [7, 11) is 1.82. The Kier molecular flexibility index (Phi) is 3.44. The van der Waals surface area contributed by atoms with Crippen LogP contribution in [0.15, 0.2) is 0 Å². The van der Waals surface area contributed by atoms with Gasteiger partial charge < -0.3 is 10.6 Å². The monoisotopic (exact) mass is 276 g/mol. The average Bonchev–Trinajstić information content (AvgIpc) is 2.99. The smallest absolute Gasteiger partial charge is 0.274 e. The third-order valence-corrected chi connectivity index (χ3v) is 4.97. The number of likely N-dealkylation sites (tertiary alicyclic amines) is 1. The van der Waals surface area contributed by atoms with Crippen LogP contribution in [0.25, 0.3) is 0 Å². The van der Waals surface area contributed by atoms with Crippen LogP contribution in [0, 0.1) is 5.92 Å². The van der Waals surface area contributed by atoms with Crippen LogP contribution in [0.1, 0.15) is 55.2 Å². The number of nitrogens with two attached hydrogens (primary N) is 1. The molecule has 1 saturated heterocycles. The van der Waals surface area contributed by atoms with Gasteiger partial charge in [-0.05, 0) is 31.6 Å². The molecule has 1 aromatic heterocycles. The van der Waals surface area contributed by atoms with Gasteiger partial charge in [0.2, 0.25) is 0 Å². The van der Waals surface area contributed by atoms with Crippen LogP contribution >= 0.6 is 0 Å². The van der Waals surface area contributed by atoms with Gasteiger partial charge in [-0.2, -0.15) is 5.10 Å². The predicted molar refractivity (Wildman–Crippen MR) is 78.4 cm³/mol. The summed E-state index contributed by atoms with van der Waals surface area (Å²) in [4.78, 5) is 14.9. The van der Waals surface area contributed by atoms with Gasteiger partial charge in [-0.15, -0.1) is 0 Å². The topological polar surface area (TPSA) is 64.2 Å². The van der Waals surface area contributed by atoms with Crippen LogP contribution in [0.3, 0.4) is 0 Å². The number of amides is 1. The molecule has 1 aromatic rings. The van der Waals surface area contributed by atoms with Gasteiger partial charge in [-0.1, -0.05) is 19.8 Å². The summed E-state index contributed by atoms with van der Waals surface area (Å²) in [5, 5.41) is 4.37. The minimum atomic E-state index is 0.0756. The summed E-state index contributed by atoms with van der Waals surface area (Å²) >= 11 is 0. The summed E-state index contributed by atoms with van der Waals surface area (Å²) in [6.45, 7) is 2.89. The van der Waals surface area contributed by atoms with E-state index >= 15 is 0 Å². The Morgan fingerprint density at radius 2 is 2.10 bits per heavy atom. The van der Waals surface area contributed by atoms with E-state index in [9.17, 15) is 4.79 Å². The number of aromatic nitrogens is 2. The first-order chi connectivity index (χ1) is 9.63. The van der Waals surface area contributed by atoms with E-state index in [0.717, 1.165) is 31.5 Å². The van der Waals surface area contributed by atoms with E-state index in [2.05, 4.69) is 10.00 Å². The molecule has 1 aliphatic carbocycles. The minimum absolute atomic E-state index is 0.0756. The molecule has 20 heavy (non-hydrogen) atoms. The van der Waals surface area contributed by atoms with E-state index in [4.69, 9.17) is 5.73 Å². The number of carbonyl (C=O) groups is 1. The number of fused-ring (bicyclic) bond motifs is 1. The molecule has 0 aromatic carbocycles. The zero-order valence-corrected chi connectivity index (χ0v) is 12.4. The van der Waals surface area contributed by atoms with Crippen LogP contribution in [0.2, 0.25) is 0 Å². The molecule has 2 aliphatic rings. The lowest BCUT2D eigenvalue weighted by molar-refractivity contribution is 0.0680. The van der Waals surface area contributed by atoms with Crippen molar-refractivity contribution >= 4 is 11.6 Å². The molecule has 2 atom stereocenters. The van der Waals surface area contributed by atoms with E-state index in [0.29, 0.717) is 23.3 Å². The van der Waals surface area contributed by atoms with Crippen LogP contribution in [-0.2, 0) is 13.5 Å². The van der Waals surface area contributed by atoms with Crippen molar-refractivity contribution < 1.29 is 4.79 Å². The van der Waals surface area contributed by atoms with Gasteiger partial charge in [0.25, 0.3) is 5.91 Å². The maximum absolute atomic E-state index is 12.9. The van der Waals surface area contributed by atoms with Gasteiger partial charge in [-0.25, -0.2) is 0 Å². The van der Waals surface area contributed by atoms with Crippen molar-refractivity contribution in [3.8, 4) is 0 Å². The van der Waals surface area contributed by atoms with Gasteiger partial charge in [0.05, 0.1) is 11.4 Å². The highest BCUT2D eigenvalue weighted by atomic mass is 16.2. The summed E-state index contributed by atoms with van der Waals surface area (Å²) in [6.07, 6.45) is 6.89. The second-order valence-electron chi connectivity index (χ2n) is 6.09. The number of hydrogen-bond donors (Lipinski definition) is 1. The Labute approximate surface area is 120 Å². The third kappa shape index (κ3) is 2.00. The lowest BCUT2D eigenvalue weighted by atomic mass is 9.85. The first-order valence-electron chi connectivity index (χ1n) is 7.75. The highest BCUT2D eigenvalue weighted by Crippen LogP contribution is 2.37. The number of carbonyl (C=O) groups excluding carboxylic acids is 1. The Hall–Kier alpha value is -1.52. The highest BCUT2D eigenvalue weighted by Gasteiger charge is 2.39. The van der Waals surface area contributed by atoms with E-state index in [1.54, 1.807) is 4.68 Å². The molecule has 0 radical (unpaired) electrons. The fourth-order valence-corrected chi connectivity index (χ4v) is 3.90. The zero-order chi connectivity index (χ0) is 14.3. The van der Waals surface area contributed by atoms with Gasteiger partial charge in [0.1, 0.15) is 5.69 Å². The quantitative estimate of drug-likeness (QED) is 0.898. The fraction of sp³-hybridized carbons (Fsp3) is 0.733. The lowest BCUT2D eigenvalue weighted by Gasteiger charge is -2.31. The molecule has 110 valence electrons. The van der Waals surface area contributed by atoms with Crippen molar-refractivity contribution in [3.05, 3.63) is 11.4 Å². The minimum Gasteiger partial charge on any atom is -0.395 e. The molecule has 0 spiro atoms. The molecule has 1 saturated carbocycles. The Morgan fingerprint density at radius 3 is 2.80 bits per heavy atom. The van der Waals surface area contributed by atoms with Crippen molar-refractivity contribution in [3.63, 3.8) is 0 Å². The summed E-state index contributed by atoms with van der Waals surface area (Å²) in [5.41, 5.74) is 8.10. The summed E-state index contributed by atoms with van der Waals surface area (Å²) in [5.74, 6) is 0.777. The van der Waals surface area contributed by atoms with Crippen molar-refractivity contribution in [1.29, 1.82) is 0 Å². The van der Waals surface area contributed by atoms with Crippen LogP contribution in [0.4, 0.5) is 5.69 Å². The summed E-state index contributed by atoms with van der Waals surface area (Å²) in [6, 6.07) is 0.427. The number of anilines is 1. The molecule has 3 rings (SSSR count). The van der Waals surface area contributed by atoms with Gasteiger partial charge in [0.15, 0.2) is 0 Å². The second-order valence-corrected chi connectivity index (χ2v) is 6.09. The van der Waals surface area contributed by atoms with Crippen molar-refractivity contribution in [2.45, 2.75) is 51.5 Å². The molecule has 0 bridgehead atoms. The standard InChI is InChI=1S/C15H24N4O/c1-3-11-13(16)14(18(2)17-11)15(20)19-9-8-10-6-4-5-7-12(10)19/h10,12H,3-9,16H2,1-2H3. The number of rotatable bonds is 2. The summed E-state index contributed by atoms with van der Waals surface area (Å²) < 4.78 is 1.66. The van der Waals surface area contributed by atoms with Gasteiger partial charge >= 0.3 is 0 Å². The highest BCUT2D eigenvalue weighted by molar-refractivity contribution is 5.98.